The smallest absolute Gasteiger partial charge is 0.326 e. The molecule has 1 atom stereocenters. The maximum absolute atomic E-state index is 13.0. The van der Waals surface area contributed by atoms with Crippen molar-refractivity contribution in [1.29, 1.82) is 0 Å². The molecule has 1 unspecified atom stereocenters. The number of carbonyl (C=O) groups is 1. The monoisotopic (exact) mass is 452 g/mol. The van der Waals surface area contributed by atoms with Crippen LogP contribution in [-0.4, -0.2) is 16.6 Å². The molecule has 0 radical (unpaired) electrons. The van der Waals surface area contributed by atoms with Gasteiger partial charge in [-0.1, -0.05) is 6.92 Å². The van der Waals surface area contributed by atoms with Crippen molar-refractivity contribution in [3.8, 4) is 0 Å². The summed E-state index contributed by atoms with van der Waals surface area (Å²) in [5, 5.41) is 13.0. The fraction of sp³-hybridized carbons (Fsp3) is 0.278. The fourth-order valence-corrected chi connectivity index (χ4v) is 3.22. The normalized spacial score (nSPS) is 13.0. The van der Waals surface area contributed by atoms with E-state index >= 15 is 0 Å². The molecule has 5 nitrogen and oxygen atoms in total. The maximum atomic E-state index is 13.0. The molecule has 0 saturated heterocycles. The molecule has 2 aromatic rings. The van der Waals surface area contributed by atoms with E-state index in [1.807, 2.05) is 0 Å². The van der Waals surface area contributed by atoms with Crippen molar-refractivity contribution in [3.05, 3.63) is 63.7 Å². The number of alkyl halides is 6. The number of nitro groups is 1. The van der Waals surface area contributed by atoms with Gasteiger partial charge in [0.1, 0.15) is 5.56 Å². The Bertz CT molecular complexity index is 929. The largest absolute Gasteiger partial charge is 0.423 e. The summed E-state index contributed by atoms with van der Waals surface area (Å²) in [6, 6.07) is 6.44. The zero-order valence-electron chi connectivity index (χ0n) is 15.2. The molecule has 2 rings (SSSR count). The van der Waals surface area contributed by atoms with Gasteiger partial charge in [0.15, 0.2) is 0 Å². The van der Waals surface area contributed by atoms with Gasteiger partial charge in [-0.05, 0) is 36.4 Å². The van der Waals surface area contributed by atoms with Crippen LogP contribution in [0.5, 0.6) is 0 Å². The zero-order chi connectivity index (χ0) is 22.7. The van der Waals surface area contributed by atoms with E-state index in [9.17, 15) is 41.3 Å². The first kappa shape index (κ1) is 23.5. The first-order valence-corrected chi connectivity index (χ1v) is 9.24. The summed E-state index contributed by atoms with van der Waals surface area (Å²) in [6.45, 7) is 1.49. The lowest BCUT2D eigenvalue weighted by atomic mass is 10.1. The molecule has 12 heteroatoms. The van der Waals surface area contributed by atoms with E-state index in [4.69, 9.17) is 0 Å². The third-order valence-corrected chi connectivity index (χ3v) is 5.17. The molecule has 0 bridgehead atoms. The van der Waals surface area contributed by atoms with Crippen molar-refractivity contribution in [2.24, 2.45) is 5.92 Å². The maximum Gasteiger partial charge on any atom is 0.423 e. The van der Waals surface area contributed by atoms with Crippen LogP contribution in [0.3, 0.4) is 0 Å². The standard InChI is InChI=1S/C18H14F6N2O3S/c1-10(9-30-13-5-2-11(3-6-13)17(19,20)21)16(27)25-12-4-7-15(26(28)29)14(8-12)18(22,23)24/h2-8,10H,9H2,1H3,(H,25,27). The Kier molecular flexibility index (Phi) is 7.01. The number of carbonyl (C=O) groups excluding carboxylic acids is 1. The molecule has 162 valence electrons. The van der Waals surface area contributed by atoms with Crippen LogP contribution in [0.15, 0.2) is 47.4 Å². The average molecular weight is 452 g/mol. The van der Waals surface area contributed by atoms with Gasteiger partial charge in [-0.2, -0.15) is 26.3 Å². The quantitative estimate of drug-likeness (QED) is 0.253. The van der Waals surface area contributed by atoms with E-state index in [1.54, 1.807) is 0 Å². The molecule has 0 fully saturated rings. The van der Waals surface area contributed by atoms with Gasteiger partial charge in [0.2, 0.25) is 5.91 Å². The van der Waals surface area contributed by atoms with Crippen molar-refractivity contribution in [3.63, 3.8) is 0 Å². The average Bonchev–Trinajstić information content (AvgIpc) is 2.64. The van der Waals surface area contributed by atoms with Gasteiger partial charge < -0.3 is 5.32 Å². The molecule has 0 aromatic heterocycles. The number of nitrogens with zero attached hydrogens (tertiary/aromatic N) is 1. The van der Waals surface area contributed by atoms with Crippen LogP contribution in [0.2, 0.25) is 0 Å². The third-order valence-electron chi connectivity index (χ3n) is 3.90. The molecular weight excluding hydrogens is 438 g/mol. The van der Waals surface area contributed by atoms with E-state index in [1.165, 1.54) is 19.1 Å². The Hall–Kier alpha value is -2.76. The minimum atomic E-state index is -4.98. The van der Waals surface area contributed by atoms with Crippen LogP contribution in [0.4, 0.5) is 37.7 Å². The van der Waals surface area contributed by atoms with Gasteiger partial charge >= 0.3 is 12.4 Å². The second-order valence-electron chi connectivity index (χ2n) is 6.21. The van der Waals surface area contributed by atoms with E-state index < -0.39 is 45.9 Å². The van der Waals surface area contributed by atoms with Crippen molar-refractivity contribution in [1.82, 2.24) is 0 Å². The predicted octanol–water partition coefficient (Wildman–Crippen LogP) is 6.00. The van der Waals surface area contributed by atoms with Crippen LogP contribution >= 0.6 is 11.8 Å². The number of benzene rings is 2. The number of rotatable bonds is 6. The second kappa shape index (κ2) is 8.94. The fourth-order valence-electron chi connectivity index (χ4n) is 2.30. The van der Waals surface area contributed by atoms with E-state index in [0.29, 0.717) is 17.0 Å². The molecule has 1 N–H and O–H groups in total. The number of nitro benzene ring substituents is 1. The molecule has 0 heterocycles. The van der Waals surface area contributed by atoms with Gasteiger partial charge in [-0.25, -0.2) is 0 Å². The lowest BCUT2D eigenvalue weighted by Crippen LogP contribution is -2.22. The number of halogens is 6. The Morgan fingerprint density at radius 3 is 2.17 bits per heavy atom. The number of hydrogen-bond acceptors (Lipinski definition) is 4. The molecule has 0 aliphatic heterocycles. The lowest BCUT2D eigenvalue weighted by Gasteiger charge is -2.14. The summed E-state index contributed by atoms with van der Waals surface area (Å²) in [5.74, 6) is -1.20. The van der Waals surface area contributed by atoms with Gasteiger partial charge in [-0.15, -0.1) is 11.8 Å². The van der Waals surface area contributed by atoms with Gasteiger partial charge in [0.25, 0.3) is 5.69 Å². The summed E-state index contributed by atoms with van der Waals surface area (Å²) in [5.41, 5.74) is -3.69. The Morgan fingerprint density at radius 1 is 1.07 bits per heavy atom. The molecule has 30 heavy (non-hydrogen) atoms. The molecule has 1 amide bonds. The Labute approximate surface area is 170 Å². The topological polar surface area (TPSA) is 72.2 Å². The molecule has 0 saturated carbocycles. The molecule has 2 aromatic carbocycles. The summed E-state index contributed by atoms with van der Waals surface area (Å²) < 4.78 is 76.7. The molecule has 0 aliphatic rings. The first-order chi connectivity index (χ1) is 13.8. The van der Waals surface area contributed by atoms with Crippen LogP contribution in [-0.2, 0) is 17.1 Å². The van der Waals surface area contributed by atoms with Crippen molar-refractivity contribution >= 4 is 29.0 Å². The third kappa shape index (κ3) is 6.12. The number of hydrogen-bond donors (Lipinski definition) is 1. The number of anilines is 1. The van der Waals surface area contributed by atoms with Gasteiger partial charge in [0, 0.05) is 28.3 Å². The molecule has 0 aliphatic carbocycles. The summed E-state index contributed by atoms with van der Waals surface area (Å²) in [4.78, 5) is 22.3. The number of nitrogens with one attached hydrogen (secondary N) is 1. The number of amides is 1. The highest BCUT2D eigenvalue weighted by Crippen LogP contribution is 2.37. The highest BCUT2D eigenvalue weighted by atomic mass is 32.2. The second-order valence-corrected chi connectivity index (χ2v) is 7.30. The predicted molar refractivity (Wildman–Crippen MR) is 98.1 cm³/mol. The molecular formula is C18H14F6N2O3S. The summed E-state index contributed by atoms with van der Waals surface area (Å²) in [7, 11) is 0. The van der Waals surface area contributed by atoms with Crippen LogP contribution in [0, 0.1) is 16.0 Å². The van der Waals surface area contributed by atoms with Gasteiger partial charge in [0.05, 0.1) is 10.5 Å². The van der Waals surface area contributed by atoms with Crippen LogP contribution in [0.1, 0.15) is 18.1 Å². The van der Waals surface area contributed by atoms with Gasteiger partial charge in [-0.3, -0.25) is 14.9 Å². The van der Waals surface area contributed by atoms with Crippen LogP contribution < -0.4 is 5.32 Å². The summed E-state index contributed by atoms with van der Waals surface area (Å²) >= 11 is 1.10. The van der Waals surface area contributed by atoms with Crippen molar-refractivity contribution < 1.29 is 36.1 Å². The zero-order valence-corrected chi connectivity index (χ0v) is 16.0. The van der Waals surface area contributed by atoms with E-state index in [2.05, 4.69) is 5.32 Å². The van der Waals surface area contributed by atoms with Crippen molar-refractivity contribution in [2.75, 3.05) is 11.1 Å². The SMILES string of the molecule is CC(CSc1ccc(C(F)(F)F)cc1)C(=O)Nc1ccc([N+](=O)[O-])c(C(F)(F)F)c1. The lowest BCUT2D eigenvalue weighted by molar-refractivity contribution is -0.388. The highest BCUT2D eigenvalue weighted by Gasteiger charge is 2.38. The van der Waals surface area contributed by atoms with E-state index in [-0.39, 0.29) is 11.4 Å². The van der Waals surface area contributed by atoms with Crippen LogP contribution in [0.25, 0.3) is 0 Å². The summed E-state index contributed by atoms with van der Waals surface area (Å²) in [6.07, 6.45) is -9.44. The minimum absolute atomic E-state index is 0.149. The minimum Gasteiger partial charge on any atom is -0.326 e. The molecule has 0 spiro atoms. The Balaban J connectivity index is 2.03. The Morgan fingerprint density at radius 2 is 1.67 bits per heavy atom. The van der Waals surface area contributed by atoms with Crippen molar-refractivity contribution in [2.45, 2.75) is 24.2 Å². The highest BCUT2D eigenvalue weighted by molar-refractivity contribution is 7.99. The van der Waals surface area contributed by atoms with E-state index in [0.717, 1.165) is 30.0 Å². The number of thioether (sulfide) groups is 1. The first-order valence-electron chi connectivity index (χ1n) is 8.25.